The molecule has 1 fully saturated rings. The van der Waals surface area contributed by atoms with Crippen LogP contribution in [0.25, 0.3) is 11.1 Å². The molecule has 160 valence electrons. The van der Waals surface area contributed by atoms with Crippen molar-refractivity contribution in [1.82, 2.24) is 9.80 Å². The molecule has 2 atom stereocenters. The highest BCUT2D eigenvalue weighted by molar-refractivity contribution is 5.98. The van der Waals surface area contributed by atoms with Crippen molar-refractivity contribution in [2.24, 2.45) is 5.41 Å². The Kier molecular flexibility index (Phi) is 5.49. The van der Waals surface area contributed by atoms with Gasteiger partial charge in [-0.05, 0) is 53.8 Å². The van der Waals surface area contributed by atoms with Crippen molar-refractivity contribution in [2.45, 2.75) is 39.3 Å². The monoisotopic (exact) mass is 408 g/mol. The third kappa shape index (κ3) is 4.17. The Hall–Kier alpha value is -2.53. The van der Waals surface area contributed by atoms with E-state index in [1.54, 1.807) is 7.11 Å². The van der Waals surface area contributed by atoms with Crippen LogP contribution < -0.4 is 9.47 Å². The zero-order chi connectivity index (χ0) is 21.5. The van der Waals surface area contributed by atoms with Gasteiger partial charge in [0.05, 0.1) is 18.7 Å². The van der Waals surface area contributed by atoms with E-state index in [2.05, 4.69) is 25.7 Å². The van der Waals surface area contributed by atoms with Gasteiger partial charge in [0.25, 0.3) is 5.91 Å². The molecule has 0 radical (unpaired) electrons. The highest BCUT2D eigenvalue weighted by Gasteiger charge is 2.42. The smallest absolute Gasteiger partial charge is 0.257 e. The number of hydrogen-bond donors (Lipinski definition) is 0. The molecule has 2 aromatic carbocycles. The first-order valence-electron chi connectivity index (χ1n) is 10.7. The third-order valence-electron chi connectivity index (χ3n) is 6.20. The summed E-state index contributed by atoms with van der Waals surface area (Å²) in [6.07, 6.45) is 1.11. The average Bonchev–Trinajstić information content (AvgIpc) is 3.09. The second-order valence-electron chi connectivity index (χ2n) is 9.65. The molecular weight excluding hydrogens is 376 g/mol. The standard InChI is InChI=1S/C25H32N2O3/c1-25(2,3)11-12-27-15-21-23(16-27)30-22-14-18(9-10-20(22)24(28)26(21)4)17-7-6-8-19(13-17)29-5/h6-10,13-14,21,23H,11-12,15-16H2,1-5H3. The lowest BCUT2D eigenvalue weighted by molar-refractivity contribution is 0.0682. The first-order valence-corrected chi connectivity index (χ1v) is 10.7. The molecule has 0 saturated carbocycles. The van der Waals surface area contributed by atoms with Gasteiger partial charge in [-0.2, -0.15) is 0 Å². The van der Waals surface area contributed by atoms with Crippen molar-refractivity contribution in [3.05, 3.63) is 48.0 Å². The molecule has 2 aromatic rings. The van der Waals surface area contributed by atoms with Gasteiger partial charge in [0.15, 0.2) is 0 Å². The number of likely N-dealkylation sites (tertiary alicyclic amines) is 1. The first kappa shape index (κ1) is 20.7. The number of rotatable bonds is 4. The third-order valence-corrected chi connectivity index (χ3v) is 6.20. The van der Waals surface area contributed by atoms with Crippen LogP contribution in [-0.2, 0) is 0 Å². The van der Waals surface area contributed by atoms with E-state index in [0.29, 0.717) is 16.7 Å². The van der Waals surface area contributed by atoms with Gasteiger partial charge in [0.1, 0.15) is 17.6 Å². The molecule has 0 bridgehead atoms. The number of carbonyl (C=O) groups is 1. The number of carbonyl (C=O) groups excluding carboxylic acids is 1. The fraction of sp³-hybridized carbons (Fsp3) is 0.480. The Morgan fingerprint density at radius 3 is 2.60 bits per heavy atom. The van der Waals surface area contributed by atoms with E-state index in [9.17, 15) is 4.79 Å². The summed E-state index contributed by atoms with van der Waals surface area (Å²) in [5.74, 6) is 1.52. The summed E-state index contributed by atoms with van der Waals surface area (Å²) in [5.41, 5.74) is 3.00. The lowest BCUT2D eigenvalue weighted by atomic mass is 9.92. The quantitative estimate of drug-likeness (QED) is 0.756. The Balaban J connectivity index is 1.60. The van der Waals surface area contributed by atoms with Gasteiger partial charge in [0, 0.05) is 20.1 Å². The second kappa shape index (κ2) is 7.95. The molecule has 4 rings (SSSR count). The molecule has 5 nitrogen and oxygen atoms in total. The fourth-order valence-electron chi connectivity index (χ4n) is 4.28. The molecule has 2 aliphatic heterocycles. The highest BCUT2D eigenvalue weighted by Crippen LogP contribution is 2.35. The maximum absolute atomic E-state index is 13.2. The summed E-state index contributed by atoms with van der Waals surface area (Å²) < 4.78 is 11.8. The van der Waals surface area contributed by atoms with Crippen molar-refractivity contribution in [2.75, 3.05) is 33.8 Å². The van der Waals surface area contributed by atoms with E-state index in [1.165, 1.54) is 0 Å². The molecule has 2 aliphatic rings. The molecule has 0 aromatic heterocycles. The highest BCUT2D eigenvalue weighted by atomic mass is 16.5. The Morgan fingerprint density at radius 1 is 1.10 bits per heavy atom. The molecule has 1 amide bonds. The minimum absolute atomic E-state index is 0.0132. The van der Waals surface area contributed by atoms with Gasteiger partial charge in [0.2, 0.25) is 0 Å². The summed E-state index contributed by atoms with van der Waals surface area (Å²) in [6, 6.07) is 13.9. The number of ether oxygens (including phenoxy) is 2. The SMILES string of the molecule is COc1cccc(-c2ccc3c(c2)OC2CN(CCC(C)(C)C)CC2N(C)C3=O)c1. The lowest BCUT2D eigenvalue weighted by Crippen LogP contribution is -2.44. The van der Waals surface area contributed by atoms with Gasteiger partial charge in [-0.3, -0.25) is 9.69 Å². The Labute approximate surface area is 179 Å². The predicted molar refractivity (Wildman–Crippen MR) is 119 cm³/mol. The normalized spacial score (nSPS) is 21.6. The zero-order valence-electron chi connectivity index (χ0n) is 18.6. The minimum Gasteiger partial charge on any atom is -0.497 e. The number of fused-ring (bicyclic) bond motifs is 2. The van der Waals surface area contributed by atoms with Crippen LogP contribution in [0.4, 0.5) is 0 Å². The maximum atomic E-state index is 13.2. The first-order chi connectivity index (χ1) is 14.2. The van der Waals surface area contributed by atoms with E-state index < -0.39 is 0 Å². The summed E-state index contributed by atoms with van der Waals surface area (Å²) >= 11 is 0. The largest absolute Gasteiger partial charge is 0.497 e. The lowest BCUT2D eigenvalue weighted by Gasteiger charge is -2.26. The van der Waals surface area contributed by atoms with Gasteiger partial charge in [-0.15, -0.1) is 0 Å². The molecule has 5 heteroatoms. The molecule has 2 heterocycles. The van der Waals surface area contributed by atoms with Crippen molar-refractivity contribution in [3.63, 3.8) is 0 Å². The van der Waals surface area contributed by atoms with Crippen molar-refractivity contribution < 1.29 is 14.3 Å². The molecule has 0 spiro atoms. The number of benzene rings is 2. The zero-order valence-corrected chi connectivity index (χ0v) is 18.6. The van der Waals surface area contributed by atoms with Crippen molar-refractivity contribution >= 4 is 5.91 Å². The Morgan fingerprint density at radius 2 is 1.87 bits per heavy atom. The van der Waals surface area contributed by atoms with Crippen LogP contribution in [0.3, 0.4) is 0 Å². The van der Waals surface area contributed by atoms with Crippen LogP contribution in [0.15, 0.2) is 42.5 Å². The van der Waals surface area contributed by atoms with E-state index in [4.69, 9.17) is 9.47 Å². The summed E-state index contributed by atoms with van der Waals surface area (Å²) in [4.78, 5) is 17.5. The van der Waals surface area contributed by atoms with Crippen LogP contribution in [-0.4, -0.2) is 61.6 Å². The number of likely N-dealkylation sites (N-methyl/N-ethyl adjacent to an activating group) is 1. The fourth-order valence-corrected chi connectivity index (χ4v) is 4.28. The predicted octanol–water partition coefficient (Wildman–Crippen LogP) is 4.32. The van der Waals surface area contributed by atoms with E-state index in [0.717, 1.165) is 42.9 Å². The number of nitrogens with zero attached hydrogens (tertiary/aromatic N) is 2. The summed E-state index contributed by atoms with van der Waals surface area (Å²) in [5, 5.41) is 0. The number of methoxy groups -OCH3 is 1. The molecule has 30 heavy (non-hydrogen) atoms. The van der Waals surface area contributed by atoms with Crippen LogP contribution in [0.2, 0.25) is 0 Å². The van der Waals surface area contributed by atoms with Gasteiger partial charge < -0.3 is 14.4 Å². The second-order valence-corrected chi connectivity index (χ2v) is 9.65. The average molecular weight is 409 g/mol. The van der Waals surface area contributed by atoms with Crippen LogP contribution in [0.5, 0.6) is 11.5 Å². The number of hydrogen-bond acceptors (Lipinski definition) is 4. The minimum atomic E-state index is -0.0132. The van der Waals surface area contributed by atoms with E-state index in [-0.39, 0.29) is 18.1 Å². The van der Waals surface area contributed by atoms with Crippen molar-refractivity contribution in [1.29, 1.82) is 0 Å². The molecular formula is C25H32N2O3. The molecule has 0 aliphatic carbocycles. The molecule has 1 saturated heterocycles. The van der Waals surface area contributed by atoms with Gasteiger partial charge >= 0.3 is 0 Å². The van der Waals surface area contributed by atoms with Gasteiger partial charge in [-0.25, -0.2) is 0 Å². The molecule has 0 N–H and O–H groups in total. The molecule has 2 unspecified atom stereocenters. The van der Waals surface area contributed by atoms with Crippen LogP contribution in [0.1, 0.15) is 37.6 Å². The van der Waals surface area contributed by atoms with E-state index in [1.807, 2.05) is 54.4 Å². The Bertz CT molecular complexity index is 934. The van der Waals surface area contributed by atoms with E-state index >= 15 is 0 Å². The topological polar surface area (TPSA) is 42.0 Å². The summed E-state index contributed by atoms with van der Waals surface area (Å²) in [7, 11) is 3.57. The maximum Gasteiger partial charge on any atom is 0.257 e. The summed E-state index contributed by atoms with van der Waals surface area (Å²) in [6.45, 7) is 9.54. The van der Waals surface area contributed by atoms with Crippen LogP contribution in [0, 0.1) is 5.41 Å². The van der Waals surface area contributed by atoms with Gasteiger partial charge in [-0.1, -0.05) is 39.0 Å². The number of amides is 1. The van der Waals surface area contributed by atoms with Crippen LogP contribution >= 0.6 is 0 Å². The van der Waals surface area contributed by atoms with Crippen molar-refractivity contribution in [3.8, 4) is 22.6 Å².